The molecule has 0 saturated carbocycles. The van der Waals surface area contributed by atoms with Gasteiger partial charge in [0.05, 0.1) is 25.7 Å². The molecular weight excluding hydrogens is 220 g/mol. The van der Waals surface area contributed by atoms with Gasteiger partial charge in [0.25, 0.3) is 0 Å². The summed E-state index contributed by atoms with van der Waals surface area (Å²) < 4.78 is 10.4. The molecule has 92 valence electrons. The normalized spacial score (nSPS) is 28.1. The Labute approximate surface area is 99.9 Å². The minimum Gasteiger partial charge on any atom is -0.494 e. The second-order valence-corrected chi connectivity index (χ2v) is 4.42. The van der Waals surface area contributed by atoms with Gasteiger partial charge in [-0.2, -0.15) is 0 Å². The number of rotatable bonds is 3. The summed E-state index contributed by atoms with van der Waals surface area (Å²) in [6, 6.07) is 3.13. The Balaban J connectivity index is 2.37. The van der Waals surface area contributed by atoms with Crippen LogP contribution in [0.25, 0.3) is 0 Å². The average molecular weight is 236 g/mol. The number of pyridine rings is 1. The summed E-state index contributed by atoms with van der Waals surface area (Å²) >= 11 is 0. The number of ether oxygens (including phenoxy) is 2. The van der Waals surface area contributed by atoms with Gasteiger partial charge in [0.2, 0.25) is 0 Å². The minimum absolute atomic E-state index is 0.125. The van der Waals surface area contributed by atoms with Gasteiger partial charge in [0.1, 0.15) is 11.4 Å². The number of carbonyl (C=O) groups excluding carboxylic acids is 1. The highest BCUT2D eigenvalue weighted by molar-refractivity contribution is 6.01. The van der Waals surface area contributed by atoms with Gasteiger partial charge >= 0.3 is 0 Å². The van der Waals surface area contributed by atoms with Gasteiger partial charge in [0, 0.05) is 12.2 Å². The highest BCUT2D eigenvalue weighted by Gasteiger charge is 2.45. The molecule has 2 atom stereocenters. The number of hydrogen-bond acceptors (Lipinski definition) is 5. The second-order valence-electron chi connectivity index (χ2n) is 4.42. The lowest BCUT2D eigenvalue weighted by Crippen LogP contribution is -2.44. The van der Waals surface area contributed by atoms with E-state index < -0.39 is 5.41 Å². The third-order valence-corrected chi connectivity index (χ3v) is 3.24. The first kappa shape index (κ1) is 12.0. The molecular formula is C12H16N2O3. The van der Waals surface area contributed by atoms with Gasteiger partial charge in [-0.15, -0.1) is 0 Å². The van der Waals surface area contributed by atoms with Crippen molar-refractivity contribution in [3.63, 3.8) is 0 Å². The lowest BCUT2D eigenvalue weighted by molar-refractivity contribution is 0.0758. The topological polar surface area (TPSA) is 74.4 Å². The van der Waals surface area contributed by atoms with Crippen molar-refractivity contribution in [3.05, 3.63) is 24.0 Å². The van der Waals surface area contributed by atoms with Gasteiger partial charge in [0.15, 0.2) is 5.78 Å². The van der Waals surface area contributed by atoms with E-state index in [0.29, 0.717) is 24.7 Å². The zero-order valence-electron chi connectivity index (χ0n) is 9.97. The fraction of sp³-hybridized carbons (Fsp3) is 0.500. The number of hydrogen-bond donors (Lipinski definition) is 1. The Morgan fingerprint density at radius 2 is 2.47 bits per heavy atom. The third kappa shape index (κ3) is 1.92. The smallest absolute Gasteiger partial charge is 0.194 e. The van der Waals surface area contributed by atoms with Gasteiger partial charge in [-0.1, -0.05) is 0 Å². The van der Waals surface area contributed by atoms with Crippen LogP contribution >= 0.6 is 0 Å². The average Bonchev–Trinajstić information content (AvgIpc) is 2.70. The molecule has 5 heteroatoms. The van der Waals surface area contributed by atoms with E-state index in [1.54, 1.807) is 25.3 Å². The van der Waals surface area contributed by atoms with Crippen molar-refractivity contribution >= 4 is 5.78 Å². The zero-order chi connectivity index (χ0) is 12.5. The Bertz CT molecular complexity index is 436. The number of ketones is 1. The summed E-state index contributed by atoms with van der Waals surface area (Å²) in [4.78, 5) is 16.5. The monoisotopic (exact) mass is 236 g/mol. The van der Waals surface area contributed by atoms with Crippen molar-refractivity contribution < 1.29 is 14.3 Å². The van der Waals surface area contributed by atoms with E-state index in [4.69, 9.17) is 15.2 Å². The molecule has 0 amide bonds. The van der Waals surface area contributed by atoms with Crippen LogP contribution in [0, 0.1) is 5.41 Å². The van der Waals surface area contributed by atoms with Crippen molar-refractivity contribution in [3.8, 4) is 5.75 Å². The van der Waals surface area contributed by atoms with Crippen molar-refractivity contribution in [1.29, 1.82) is 0 Å². The van der Waals surface area contributed by atoms with Crippen LogP contribution in [0.5, 0.6) is 5.75 Å². The molecule has 1 fully saturated rings. The van der Waals surface area contributed by atoms with Crippen LogP contribution in [0.1, 0.15) is 17.4 Å². The molecule has 0 aromatic carbocycles. The standard InChI is InChI=1S/C12H16N2O3/c1-12(7-17-6-9(12)13)11(15)10-8(16-2)4-3-5-14-10/h3-5,9H,6-7,13H2,1-2H3. The first-order valence-electron chi connectivity index (χ1n) is 5.46. The van der Waals surface area contributed by atoms with E-state index in [2.05, 4.69) is 4.98 Å². The maximum Gasteiger partial charge on any atom is 0.194 e. The fourth-order valence-electron chi connectivity index (χ4n) is 1.92. The summed E-state index contributed by atoms with van der Waals surface area (Å²) in [5.74, 6) is 0.345. The van der Waals surface area contributed by atoms with E-state index >= 15 is 0 Å². The molecule has 0 bridgehead atoms. The van der Waals surface area contributed by atoms with Crippen molar-refractivity contribution in [2.45, 2.75) is 13.0 Å². The molecule has 2 rings (SSSR count). The maximum absolute atomic E-state index is 12.5. The summed E-state index contributed by atoms with van der Waals surface area (Å²) in [5, 5.41) is 0. The molecule has 17 heavy (non-hydrogen) atoms. The number of nitrogens with two attached hydrogens (primary N) is 1. The minimum atomic E-state index is -0.721. The van der Waals surface area contributed by atoms with Crippen LogP contribution in [-0.4, -0.2) is 37.1 Å². The molecule has 5 nitrogen and oxygen atoms in total. The van der Waals surface area contributed by atoms with E-state index in [1.807, 2.05) is 0 Å². The number of Topliss-reactive ketones (excluding diaryl/α,β-unsaturated/α-hetero) is 1. The van der Waals surface area contributed by atoms with Crippen LogP contribution < -0.4 is 10.5 Å². The lowest BCUT2D eigenvalue weighted by Gasteiger charge is -2.25. The Hall–Kier alpha value is -1.46. The molecule has 2 N–H and O–H groups in total. The largest absolute Gasteiger partial charge is 0.494 e. The predicted octanol–water partition coefficient (Wildman–Crippen LogP) is 0.637. The predicted molar refractivity (Wildman–Crippen MR) is 62.0 cm³/mol. The summed E-state index contributed by atoms with van der Waals surface area (Å²) in [7, 11) is 1.52. The Morgan fingerprint density at radius 1 is 1.71 bits per heavy atom. The van der Waals surface area contributed by atoms with Crippen LogP contribution in [0.15, 0.2) is 18.3 Å². The SMILES string of the molecule is COc1cccnc1C(=O)C1(C)COCC1N. The van der Waals surface area contributed by atoms with Crippen LogP contribution in [-0.2, 0) is 4.74 Å². The Kier molecular flexibility index (Phi) is 3.13. The van der Waals surface area contributed by atoms with Gasteiger partial charge in [-0.05, 0) is 19.1 Å². The zero-order valence-corrected chi connectivity index (χ0v) is 9.97. The molecule has 1 aromatic rings. The first-order valence-corrected chi connectivity index (χ1v) is 5.46. The highest BCUT2D eigenvalue weighted by atomic mass is 16.5. The molecule has 0 aliphatic carbocycles. The van der Waals surface area contributed by atoms with E-state index in [9.17, 15) is 4.79 Å². The quantitative estimate of drug-likeness (QED) is 0.779. The van der Waals surface area contributed by atoms with E-state index in [1.165, 1.54) is 7.11 Å². The number of methoxy groups -OCH3 is 1. The number of aromatic nitrogens is 1. The molecule has 2 heterocycles. The summed E-state index contributed by atoms with van der Waals surface area (Å²) in [6.07, 6.45) is 1.57. The molecule has 1 aromatic heterocycles. The summed E-state index contributed by atoms with van der Waals surface area (Å²) in [6.45, 7) is 2.53. The van der Waals surface area contributed by atoms with Gasteiger partial charge in [-0.3, -0.25) is 4.79 Å². The van der Waals surface area contributed by atoms with Crippen LogP contribution in [0.4, 0.5) is 0 Å². The molecule has 0 radical (unpaired) electrons. The van der Waals surface area contributed by atoms with Gasteiger partial charge < -0.3 is 15.2 Å². The maximum atomic E-state index is 12.5. The van der Waals surface area contributed by atoms with Crippen molar-refractivity contribution in [2.75, 3.05) is 20.3 Å². The van der Waals surface area contributed by atoms with Crippen LogP contribution in [0.3, 0.4) is 0 Å². The fourth-order valence-corrected chi connectivity index (χ4v) is 1.92. The van der Waals surface area contributed by atoms with E-state index in [0.717, 1.165) is 0 Å². The van der Waals surface area contributed by atoms with Crippen LogP contribution in [0.2, 0.25) is 0 Å². The van der Waals surface area contributed by atoms with Crippen molar-refractivity contribution in [1.82, 2.24) is 4.98 Å². The number of carbonyl (C=O) groups is 1. The molecule has 1 aliphatic rings. The Morgan fingerprint density at radius 3 is 3.06 bits per heavy atom. The lowest BCUT2D eigenvalue weighted by atomic mass is 9.80. The first-order chi connectivity index (χ1) is 8.09. The molecule has 1 saturated heterocycles. The van der Waals surface area contributed by atoms with Gasteiger partial charge in [-0.25, -0.2) is 4.98 Å². The van der Waals surface area contributed by atoms with E-state index in [-0.39, 0.29) is 11.8 Å². The second kappa shape index (κ2) is 4.43. The summed E-state index contributed by atoms with van der Waals surface area (Å²) in [5.41, 5.74) is 5.53. The van der Waals surface area contributed by atoms with Crippen molar-refractivity contribution in [2.24, 2.45) is 11.1 Å². The molecule has 1 aliphatic heterocycles. The molecule has 0 spiro atoms. The third-order valence-electron chi connectivity index (χ3n) is 3.24. The number of nitrogens with zero attached hydrogens (tertiary/aromatic N) is 1. The highest BCUT2D eigenvalue weighted by Crippen LogP contribution is 2.33. The molecule has 2 unspecified atom stereocenters.